The van der Waals surface area contributed by atoms with Gasteiger partial charge in [-0.3, -0.25) is 5.32 Å². The predicted octanol–water partition coefficient (Wildman–Crippen LogP) is 9.93. The fourth-order valence-corrected chi connectivity index (χ4v) is 12.1. The first kappa shape index (κ1) is 32.8. The third-order valence-electron chi connectivity index (χ3n) is 14.5. The van der Waals surface area contributed by atoms with Gasteiger partial charge in [0.05, 0.1) is 11.6 Å². The molecule has 2 aliphatic heterocycles. The van der Waals surface area contributed by atoms with Crippen molar-refractivity contribution < 1.29 is 4.74 Å². The first-order valence-corrected chi connectivity index (χ1v) is 21.2. The highest BCUT2D eigenvalue weighted by Gasteiger charge is 2.60. The Morgan fingerprint density at radius 1 is 0.750 bits per heavy atom. The van der Waals surface area contributed by atoms with Crippen LogP contribution >= 0.6 is 0 Å². The average molecular weight is 729 g/mol. The summed E-state index contributed by atoms with van der Waals surface area (Å²) in [6.45, 7) is 0. The third-order valence-corrected chi connectivity index (χ3v) is 14.5. The standard InChI is InChI=1S/C53H48N2O/c1-2-14-37(15-3-1)51-54-52(38-28-27-36-26-25-34-13-4-5-16-40(34)44(36)33-38)55(51)39-31-29-35(30-32-39)41-19-12-23-48-50(41)56-49-24-11-10-22-47(49)53(48)45-20-8-6-17-42(45)43-18-7-9-21-46(43)53/h1-9,12-18,20-23,25-27,29,31-33,35,38,41-42,45,49,51-52,54H,10-11,19,24,28,30H2. The van der Waals surface area contributed by atoms with Crippen LogP contribution in [0.5, 0.6) is 0 Å². The van der Waals surface area contributed by atoms with Crippen LogP contribution in [0.15, 0.2) is 174 Å². The van der Waals surface area contributed by atoms with E-state index >= 15 is 0 Å². The van der Waals surface area contributed by atoms with E-state index in [-0.39, 0.29) is 23.9 Å². The second-order valence-electron chi connectivity index (χ2n) is 17.2. The van der Waals surface area contributed by atoms with E-state index in [9.17, 15) is 0 Å². The highest BCUT2D eigenvalue weighted by Crippen LogP contribution is 2.65. The highest BCUT2D eigenvalue weighted by molar-refractivity contribution is 5.84. The summed E-state index contributed by atoms with van der Waals surface area (Å²) < 4.78 is 7.31. The summed E-state index contributed by atoms with van der Waals surface area (Å²) in [5.41, 5.74) is 8.42. The fourth-order valence-electron chi connectivity index (χ4n) is 12.1. The molecule has 4 aromatic rings. The molecule has 8 aliphatic rings. The molecule has 276 valence electrons. The Kier molecular flexibility index (Phi) is 7.52. The summed E-state index contributed by atoms with van der Waals surface area (Å²) in [6, 6.07) is 33.7. The molecular formula is C53H48N2O. The number of allylic oxidation sites excluding steroid dienone is 12. The number of hydrogen-bond acceptors (Lipinski definition) is 3. The van der Waals surface area contributed by atoms with Gasteiger partial charge in [0.2, 0.25) is 0 Å². The van der Waals surface area contributed by atoms with Gasteiger partial charge >= 0.3 is 0 Å². The van der Waals surface area contributed by atoms with Crippen molar-refractivity contribution >= 4 is 22.9 Å². The summed E-state index contributed by atoms with van der Waals surface area (Å²) in [5, 5.41) is 9.43. The fraction of sp³-hybridized carbons (Fsp3) is 0.283. The van der Waals surface area contributed by atoms with Crippen LogP contribution < -0.4 is 15.8 Å². The molecule has 2 heterocycles. The Morgan fingerprint density at radius 2 is 1.61 bits per heavy atom. The number of nitrogens with one attached hydrogen (secondary N) is 1. The third kappa shape index (κ3) is 4.73. The molecule has 0 amide bonds. The minimum absolute atomic E-state index is 0.145. The second-order valence-corrected chi connectivity index (χ2v) is 17.2. The van der Waals surface area contributed by atoms with Gasteiger partial charge in [-0.2, -0.15) is 0 Å². The van der Waals surface area contributed by atoms with Crippen LogP contribution in [-0.2, 0) is 10.2 Å². The van der Waals surface area contributed by atoms with E-state index < -0.39 is 0 Å². The van der Waals surface area contributed by atoms with Crippen LogP contribution in [0.25, 0.3) is 22.9 Å². The van der Waals surface area contributed by atoms with E-state index in [0.717, 1.165) is 32.1 Å². The number of fused-ring (bicyclic) bond motifs is 11. The minimum atomic E-state index is -0.174. The molecule has 4 aromatic carbocycles. The molecule has 0 bridgehead atoms. The molecule has 9 unspecified atom stereocenters. The van der Waals surface area contributed by atoms with Crippen LogP contribution in [0.4, 0.5) is 0 Å². The van der Waals surface area contributed by atoms with E-state index in [0.29, 0.717) is 29.6 Å². The zero-order chi connectivity index (χ0) is 36.8. The summed E-state index contributed by atoms with van der Waals surface area (Å²) in [6.07, 6.45) is 36.6. The molecule has 0 saturated carbocycles. The Morgan fingerprint density at radius 3 is 2.54 bits per heavy atom. The van der Waals surface area contributed by atoms with Crippen molar-refractivity contribution in [3.05, 3.63) is 201 Å². The van der Waals surface area contributed by atoms with Crippen LogP contribution in [0.3, 0.4) is 0 Å². The van der Waals surface area contributed by atoms with Crippen molar-refractivity contribution in [3.63, 3.8) is 0 Å². The molecule has 1 N–H and O–H groups in total. The quantitative estimate of drug-likeness (QED) is 0.212. The molecule has 0 aromatic heterocycles. The number of hydrogen-bond donors (Lipinski definition) is 1. The van der Waals surface area contributed by atoms with Gasteiger partial charge in [0.25, 0.3) is 0 Å². The zero-order valence-corrected chi connectivity index (χ0v) is 31.8. The summed E-state index contributed by atoms with van der Waals surface area (Å²) in [7, 11) is 0. The largest absolute Gasteiger partial charge is 0.490 e. The molecular weight excluding hydrogens is 681 g/mol. The lowest BCUT2D eigenvalue weighted by Gasteiger charge is -2.55. The van der Waals surface area contributed by atoms with Crippen LogP contribution in [-0.4, -0.2) is 17.2 Å². The zero-order valence-electron chi connectivity index (χ0n) is 31.8. The van der Waals surface area contributed by atoms with E-state index in [4.69, 9.17) is 4.74 Å². The van der Waals surface area contributed by atoms with Crippen molar-refractivity contribution in [3.8, 4) is 0 Å². The maximum Gasteiger partial charge on any atom is 0.120 e. The first-order chi connectivity index (χ1) is 27.8. The van der Waals surface area contributed by atoms with Gasteiger partial charge in [-0.25, -0.2) is 0 Å². The molecule has 1 saturated heterocycles. The van der Waals surface area contributed by atoms with Crippen LogP contribution in [0, 0.1) is 23.7 Å². The monoisotopic (exact) mass is 728 g/mol. The van der Waals surface area contributed by atoms with Gasteiger partial charge in [0, 0.05) is 34.9 Å². The number of nitrogens with zero attached hydrogens (tertiary/aromatic N) is 1. The molecule has 3 heteroatoms. The molecule has 1 spiro atoms. The molecule has 12 rings (SSSR count). The van der Waals surface area contributed by atoms with Gasteiger partial charge in [-0.15, -0.1) is 0 Å². The van der Waals surface area contributed by atoms with Gasteiger partial charge in [0.15, 0.2) is 0 Å². The van der Waals surface area contributed by atoms with Gasteiger partial charge in [-0.1, -0.05) is 158 Å². The topological polar surface area (TPSA) is 24.5 Å². The van der Waals surface area contributed by atoms with Gasteiger partial charge < -0.3 is 9.64 Å². The van der Waals surface area contributed by atoms with Crippen LogP contribution in [0.2, 0.25) is 0 Å². The molecule has 3 nitrogen and oxygen atoms in total. The van der Waals surface area contributed by atoms with Crippen molar-refractivity contribution in [1.29, 1.82) is 0 Å². The SMILES string of the molecule is C1=CC2c3ccccc3C3(C4=CCCCC4OC4=C3C=CCC4C3C=CC(N4C(c5ccccc5)NC4C4C=c5c(ccc6ccccc56)=CC4)=CC3)C2C=C1. The molecule has 56 heavy (non-hydrogen) atoms. The number of ether oxygens (including phenoxy) is 1. The second kappa shape index (κ2) is 12.8. The lowest BCUT2D eigenvalue weighted by atomic mass is 9.57. The Hall–Kier alpha value is -5.38. The Bertz CT molecular complexity index is 2620. The summed E-state index contributed by atoms with van der Waals surface area (Å²) >= 11 is 0. The smallest absolute Gasteiger partial charge is 0.120 e. The Balaban J connectivity index is 0.900. The lowest BCUT2D eigenvalue weighted by molar-refractivity contribution is -0.0132. The van der Waals surface area contributed by atoms with E-state index in [1.54, 1.807) is 0 Å². The van der Waals surface area contributed by atoms with Crippen molar-refractivity contribution in [2.45, 2.75) is 68.3 Å². The maximum atomic E-state index is 7.31. The van der Waals surface area contributed by atoms with Gasteiger partial charge in [-0.05, 0) is 94.0 Å². The average Bonchev–Trinajstić information content (AvgIpc) is 3.54. The lowest BCUT2D eigenvalue weighted by Crippen LogP contribution is -2.65. The number of benzene rings is 4. The van der Waals surface area contributed by atoms with Crippen molar-refractivity contribution in [2.75, 3.05) is 0 Å². The van der Waals surface area contributed by atoms with E-state index in [2.05, 4.69) is 174 Å². The predicted molar refractivity (Wildman–Crippen MR) is 227 cm³/mol. The van der Waals surface area contributed by atoms with E-state index in [1.165, 1.54) is 66.9 Å². The van der Waals surface area contributed by atoms with Crippen molar-refractivity contribution in [2.24, 2.45) is 23.7 Å². The molecule has 9 atom stereocenters. The highest BCUT2D eigenvalue weighted by atomic mass is 16.5. The van der Waals surface area contributed by atoms with E-state index in [1.807, 2.05) is 0 Å². The number of rotatable bonds is 4. The van der Waals surface area contributed by atoms with Crippen molar-refractivity contribution in [1.82, 2.24) is 10.2 Å². The Labute approximate surface area is 330 Å². The molecule has 1 fully saturated rings. The van der Waals surface area contributed by atoms with Crippen LogP contribution in [0.1, 0.15) is 67.3 Å². The molecule has 0 radical (unpaired) electrons. The summed E-state index contributed by atoms with van der Waals surface area (Å²) in [4.78, 5) is 2.67. The summed E-state index contributed by atoms with van der Waals surface area (Å²) in [5.74, 6) is 3.09. The maximum absolute atomic E-state index is 7.31. The first-order valence-electron chi connectivity index (χ1n) is 21.2. The molecule has 6 aliphatic carbocycles. The van der Waals surface area contributed by atoms with Gasteiger partial charge in [0.1, 0.15) is 18.0 Å². The normalized spacial score (nSPS) is 33.2. The minimum Gasteiger partial charge on any atom is -0.490 e.